The summed E-state index contributed by atoms with van der Waals surface area (Å²) in [5.41, 5.74) is 11.2. The van der Waals surface area contributed by atoms with Crippen LogP contribution in [0.2, 0.25) is 0 Å². The lowest BCUT2D eigenvalue weighted by Gasteiger charge is -2.06. The van der Waals surface area contributed by atoms with E-state index in [0.29, 0.717) is 0 Å². The Hall–Kier alpha value is -2.42. The summed E-state index contributed by atoms with van der Waals surface area (Å²) >= 11 is 4.23. The van der Waals surface area contributed by atoms with Gasteiger partial charge in [0.1, 0.15) is 0 Å². The molecule has 4 aromatic carbocycles. The van der Waals surface area contributed by atoms with Gasteiger partial charge in [-0.3, -0.25) is 0 Å². The van der Waals surface area contributed by atoms with Crippen molar-refractivity contribution >= 4 is 23.5 Å². The van der Waals surface area contributed by atoms with Gasteiger partial charge in [0.05, 0.1) is 0 Å². The molecule has 4 aromatic rings. The summed E-state index contributed by atoms with van der Waals surface area (Å²) in [7, 11) is 0. The molecule has 0 radical (unpaired) electrons. The molecule has 0 fully saturated rings. The molecule has 38 heavy (non-hydrogen) atoms. The first kappa shape index (κ1) is 28.6. The SMILES string of the molecule is Cc1ccc(Cc2ccc(CCCSCCCSCCc3ccc(Cc4ccc(C)cc4)cc3)cc2)cc1. The molecule has 0 aromatic heterocycles. The third-order valence-electron chi connectivity index (χ3n) is 6.97. The van der Waals surface area contributed by atoms with E-state index >= 15 is 0 Å². The third-order valence-corrected chi connectivity index (χ3v) is 9.20. The van der Waals surface area contributed by atoms with Crippen molar-refractivity contribution < 1.29 is 0 Å². The standard InChI is InChI=1S/C36H42S2/c1-29-6-10-33(11-7-29)27-35-18-14-31(15-19-35)5-3-23-37-24-4-25-38-26-22-32-16-20-36(21-17-32)28-34-12-8-30(2)9-13-34/h6-21H,3-5,22-28H2,1-2H3. The molecule has 0 saturated carbocycles. The number of hydrogen-bond acceptors (Lipinski definition) is 2. The van der Waals surface area contributed by atoms with Gasteiger partial charge in [0.15, 0.2) is 0 Å². The van der Waals surface area contributed by atoms with Gasteiger partial charge >= 0.3 is 0 Å². The molecule has 4 rings (SSSR count). The summed E-state index contributed by atoms with van der Waals surface area (Å²) in [5, 5.41) is 0. The summed E-state index contributed by atoms with van der Waals surface area (Å²) in [6.45, 7) is 4.29. The maximum Gasteiger partial charge on any atom is -0.00258 e. The van der Waals surface area contributed by atoms with Crippen molar-refractivity contribution in [3.63, 3.8) is 0 Å². The first-order valence-electron chi connectivity index (χ1n) is 14.1. The Morgan fingerprint density at radius 1 is 0.368 bits per heavy atom. The molecule has 0 aliphatic heterocycles. The van der Waals surface area contributed by atoms with Gasteiger partial charge < -0.3 is 0 Å². The predicted octanol–water partition coefficient (Wildman–Crippen LogP) is 9.52. The molecular weight excluding hydrogens is 497 g/mol. The van der Waals surface area contributed by atoms with Crippen LogP contribution in [0.5, 0.6) is 0 Å². The Balaban J connectivity index is 1.00. The van der Waals surface area contributed by atoms with E-state index in [1.165, 1.54) is 93.2 Å². The zero-order valence-corrected chi connectivity index (χ0v) is 24.8. The van der Waals surface area contributed by atoms with Gasteiger partial charge in [-0.1, -0.05) is 108 Å². The molecule has 0 N–H and O–H groups in total. The van der Waals surface area contributed by atoms with Crippen LogP contribution < -0.4 is 0 Å². The molecule has 0 unspecified atom stereocenters. The minimum absolute atomic E-state index is 1.02. The van der Waals surface area contributed by atoms with Gasteiger partial charge in [-0.25, -0.2) is 0 Å². The lowest BCUT2D eigenvalue weighted by Crippen LogP contribution is -1.94. The molecular formula is C36H42S2. The predicted molar refractivity (Wildman–Crippen MR) is 172 cm³/mol. The van der Waals surface area contributed by atoms with E-state index in [4.69, 9.17) is 0 Å². The average molecular weight is 539 g/mol. The number of thioether (sulfide) groups is 2. The smallest absolute Gasteiger partial charge is 0.00258 e. The lowest BCUT2D eigenvalue weighted by atomic mass is 10.0. The van der Waals surface area contributed by atoms with Crippen LogP contribution in [0, 0.1) is 13.8 Å². The van der Waals surface area contributed by atoms with Crippen molar-refractivity contribution in [2.24, 2.45) is 0 Å². The third kappa shape index (κ3) is 10.4. The Morgan fingerprint density at radius 2 is 0.711 bits per heavy atom. The van der Waals surface area contributed by atoms with E-state index in [-0.39, 0.29) is 0 Å². The van der Waals surface area contributed by atoms with Crippen LogP contribution in [0.4, 0.5) is 0 Å². The summed E-state index contributed by atoms with van der Waals surface area (Å²) in [6, 6.07) is 36.3. The quantitative estimate of drug-likeness (QED) is 0.138. The van der Waals surface area contributed by atoms with Crippen LogP contribution in [0.3, 0.4) is 0 Å². The Kier molecular flexibility index (Phi) is 11.9. The summed E-state index contributed by atoms with van der Waals surface area (Å²) in [5.74, 6) is 5.06. The minimum atomic E-state index is 1.02. The van der Waals surface area contributed by atoms with Gasteiger partial charge in [-0.2, -0.15) is 23.5 Å². The normalized spacial score (nSPS) is 11.1. The minimum Gasteiger partial charge on any atom is -0.162 e. The van der Waals surface area contributed by atoms with Crippen LogP contribution >= 0.6 is 23.5 Å². The Labute approximate surface area is 239 Å². The molecule has 0 spiro atoms. The van der Waals surface area contributed by atoms with Crippen molar-refractivity contribution in [1.82, 2.24) is 0 Å². The van der Waals surface area contributed by atoms with Gasteiger partial charge in [-0.05, 0) is 109 Å². The average Bonchev–Trinajstić information content (AvgIpc) is 2.94. The second kappa shape index (κ2) is 15.9. The van der Waals surface area contributed by atoms with Crippen LogP contribution in [0.25, 0.3) is 0 Å². The van der Waals surface area contributed by atoms with Crippen LogP contribution in [0.1, 0.15) is 57.3 Å². The van der Waals surface area contributed by atoms with Crippen LogP contribution in [-0.4, -0.2) is 23.0 Å². The summed E-state index contributed by atoms with van der Waals surface area (Å²) in [6.07, 6.45) is 7.00. The van der Waals surface area contributed by atoms with Gasteiger partial charge in [0, 0.05) is 0 Å². The molecule has 0 heterocycles. The highest BCUT2D eigenvalue weighted by atomic mass is 32.2. The largest absolute Gasteiger partial charge is 0.162 e. The molecule has 0 nitrogen and oxygen atoms in total. The molecule has 198 valence electrons. The highest BCUT2D eigenvalue weighted by molar-refractivity contribution is 8.00. The number of benzene rings is 4. The van der Waals surface area contributed by atoms with Gasteiger partial charge in [-0.15, -0.1) is 0 Å². The monoisotopic (exact) mass is 538 g/mol. The zero-order chi connectivity index (χ0) is 26.4. The van der Waals surface area contributed by atoms with Crippen molar-refractivity contribution in [3.05, 3.63) is 142 Å². The van der Waals surface area contributed by atoms with E-state index in [1.807, 2.05) is 0 Å². The molecule has 0 aliphatic rings. The first-order chi connectivity index (χ1) is 18.6. The Bertz CT molecular complexity index is 1090. The molecule has 0 saturated heterocycles. The number of rotatable bonds is 15. The zero-order valence-electron chi connectivity index (χ0n) is 23.1. The Morgan fingerprint density at radius 3 is 1.18 bits per heavy atom. The van der Waals surface area contributed by atoms with E-state index < -0.39 is 0 Å². The van der Waals surface area contributed by atoms with Crippen molar-refractivity contribution in [3.8, 4) is 0 Å². The second-order valence-electron chi connectivity index (χ2n) is 10.4. The lowest BCUT2D eigenvalue weighted by molar-refractivity contribution is 0.929. The van der Waals surface area contributed by atoms with Crippen molar-refractivity contribution in [2.75, 3.05) is 23.0 Å². The maximum absolute atomic E-state index is 2.32. The summed E-state index contributed by atoms with van der Waals surface area (Å²) < 4.78 is 0. The van der Waals surface area contributed by atoms with Crippen LogP contribution in [-0.2, 0) is 25.7 Å². The fraction of sp³-hybridized carbons (Fsp3) is 0.333. The van der Waals surface area contributed by atoms with E-state index in [2.05, 4.69) is 134 Å². The fourth-order valence-electron chi connectivity index (χ4n) is 4.57. The van der Waals surface area contributed by atoms with E-state index in [0.717, 1.165) is 12.8 Å². The fourth-order valence-corrected chi connectivity index (χ4v) is 6.58. The highest BCUT2D eigenvalue weighted by Crippen LogP contribution is 2.16. The molecule has 0 aliphatic carbocycles. The molecule has 0 bridgehead atoms. The molecule has 0 atom stereocenters. The van der Waals surface area contributed by atoms with Crippen molar-refractivity contribution in [2.45, 2.75) is 52.4 Å². The maximum atomic E-state index is 2.32. The molecule has 0 amide bonds. The first-order valence-corrected chi connectivity index (χ1v) is 16.4. The van der Waals surface area contributed by atoms with Gasteiger partial charge in [0.2, 0.25) is 0 Å². The molecule has 2 heteroatoms. The van der Waals surface area contributed by atoms with E-state index in [1.54, 1.807) is 0 Å². The van der Waals surface area contributed by atoms with Gasteiger partial charge in [0.25, 0.3) is 0 Å². The second-order valence-corrected chi connectivity index (χ2v) is 12.8. The highest BCUT2D eigenvalue weighted by Gasteiger charge is 2.01. The van der Waals surface area contributed by atoms with E-state index in [9.17, 15) is 0 Å². The summed E-state index contributed by atoms with van der Waals surface area (Å²) in [4.78, 5) is 0. The van der Waals surface area contributed by atoms with Crippen LogP contribution in [0.15, 0.2) is 97.1 Å². The van der Waals surface area contributed by atoms with Crippen molar-refractivity contribution in [1.29, 1.82) is 0 Å². The topological polar surface area (TPSA) is 0 Å². The number of hydrogen-bond donors (Lipinski definition) is 0. The number of aryl methyl sites for hydroxylation is 4.